The summed E-state index contributed by atoms with van der Waals surface area (Å²) in [4.78, 5) is 12.3. The Hall–Kier alpha value is -3.20. The van der Waals surface area contributed by atoms with Crippen LogP contribution in [-0.4, -0.2) is 29.4 Å². The molecule has 0 fully saturated rings. The fraction of sp³-hybridized carbons (Fsp3) is 0.200. The number of hydrogen-bond donors (Lipinski definition) is 1. The molecule has 2 aromatic carbocycles. The number of halogens is 4. The van der Waals surface area contributed by atoms with Crippen molar-refractivity contribution >= 4 is 23.2 Å². The zero-order chi connectivity index (χ0) is 21.9. The molecular formula is C20H17ClF3N3O3. The van der Waals surface area contributed by atoms with E-state index in [1.165, 1.54) is 13.2 Å². The average Bonchev–Trinajstić information content (AvgIpc) is 3.13. The van der Waals surface area contributed by atoms with Gasteiger partial charge in [-0.3, -0.25) is 4.79 Å². The third-order valence-corrected chi connectivity index (χ3v) is 4.44. The van der Waals surface area contributed by atoms with Crippen molar-refractivity contribution in [2.75, 3.05) is 19.0 Å². The first kappa shape index (κ1) is 21.5. The Morgan fingerprint density at radius 2 is 1.93 bits per heavy atom. The molecule has 0 atom stereocenters. The van der Waals surface area contributed by atoms with Crippen LogP contribution in [0.25, 0.3) is 5.69 Å². The van der Waals surface area contributed by atoms with Crippen molar-refractivity contribution in [2.45, 2.75) is 13.1 Å². The van der Waals surface area contributed by atoms with E-state index in [0.717, 1.165) is 10.7 Å². The molecule has 3 aromatic rings. The summed E-state index contributed by atoms with van der Waals surface area (Å²) in [5, 5.41) is 6.42. The summed E-state index contributed by atoms with van der Waals surface area (Å²) in [5.41, 5.74) is 0.246. The molecule has 0 spiro atoms. The molecule has 0 saturated carbocycles. The van der Waals surface area contributed by atoms with E-state index >= 15 is 0 Å². The molecule has 1 heterocycles. The maximum Gasteiger partial charge on any atom is 0.435 e. The zero-order valence-electron chi connectivity index (χ0n) is 16.0. The van der Waals surface area contributed by atoms with Crippen LogP contribution >= 0.6 is 11.6 Å². The molecule has 1 amide bonds. The number of nitrogens with one attached hydrogen (secondary N) is 1. The fourth-order valence-electron chi connectivity index (χ4n) is 2.63. The number of amides is 1. The van der Waals surface area contributed by atoms with Crippen LogP contribution in [0.15, 0.2) is 48.5 Å². The highest BCUT2D eigenvalue weighted by Gasteiger charge is 2.35. The van der Waals surface area contributed by atoms with Crippen LogP contribution in [-0.2, 0) is 11.0 Å². The topological polar surface area (TPSA) is 65.4 Å². The van der Waals surface area contributed by atoms with Gasteiger partial charge in [0.25, 0.3) is 5.91 Å². The Kier molecular flexibility index (Phi) is 6.21. The van der Waals surface area contributed by atoms with Gasteiger partial charge in [-0.25, -0.2) is 4.68 Å². The predicted octanol–water partition coefficient (Wildman–Crippen LogP) is 4.88. The van der Waals surface area contributed by atoms with E-state index in [4.69, 9.17) is 21.1 Å². The second-order valence-electron chi connectivity index (χ2n) is 6.25. The summed E-state index contributed by atoms with van der Waals surface area (Å²) in [6, 6.07) is 12.2. The molecule has 0 bridgehead atoms. The number of anilines is 1. The molecule has 0 aliphatic carbocycles. The first-order valence-corrected chi connectivity index (χ1v) is 9.06. The Morgan fingerprint density at radius 1 is 1.20 bits per heavy atom. The fourth-order valence-corrected chi connectivity index (χ4v) is 2.80. The molecule has 3 rings (SSSR count). The van der Waals surface area contributed by atoms with Gasteiger partial charge in [-0.05, 0) is 30.7 Å². The lowest BCUT2D eigenvalue weighted by molar-refractivity contribution is -0.141. The molecule has 0 saturated heterocycles. The first-order valence-electron chi connectivity index (χ1n) is 8.68. The van der Waals surface area contributed by atoms with Gasteiger partial charge in [0.1, 0.15) is 5.75 Å². The highest BCUT2D eigenvalue weighted by atomic mass is 35.5. The van der Waals surface area contributed by atoms with Crippen molar-refractivity contribution in [1.29, 1.82) is 0 Å². The first-order chi connectivity index (χ1) is 14.2. The number of carbonyl (C=O) groups is 1. The van der Waals surface area contributed by atoms with Crippen LogP contribution in [0.3, 0.4) is 0 Å². The molecule has 0 aliphatic rings. The number of para-hydroxylation sites is 1. The molecule has 1 N–H and O–H groups in total. The number of methoxy groups -OCH3 is 1. The van der Waals surface area contributed by atoms with Crippen molar-refractivity contribution in [3.63, 3.8) is 0 Å². The van der Waals surface area contributed by atoms with E-state index in [-0.39, 0.29) is 16.6 Å². The van der Waals surface area contributed by atoms with Crippen molar-refractivity contribution in [3.05, 3.63) is 64.8 Å². The van der Waals surface area contributed by atoms with Crippen LogP contribution in [0.1, 0.15) is 11.3 Å². The Morgan fingerprint density at radius 3 is 2.60 bits per heavy atom. The molecular weight excluding hydrogens is 423 g/mol. The smallest absolute Gasteiger partial charge is 0.435 e. The van der Waals surface area contributed by atoms with E-state index in [1.54, 1.807) is 43.3 Å². The summed E-state index contributed by atoms with van der Waals surface area (Å²) in [6.07, 6.45) is -4.66. The maximum atomic E-state index is 13.2. The molecule has 1 aromatic heterocycles. The summed E-state index contributed by atoms with van der Waals surface area (Å²) in [7, 11) is 1.46. The van der Waals surface area contributed by atoms with E-state index in [2.05, 4.69) is 10.4 Å². The number of hydrogen-bond acceptors (Lipinski definition) is 4. The van der Waals surface area contributed by atoms with Gasteiger partial charge in [-0.2, -0.15) is 18.3 Å². The Labute approximate surface area is 175 Å². The lowest BCUT2D eigenvalue weighted by Crippen LogP contribution is -2.21. The normalized spacial score (nSPS) is 11.3. The van der Waals surface area contributed by atoms with Gasteiger partial charge < -0.3 is 14.8 Å². The second-order valence-corrected chi connectivity index (χ2v) is 6.65. The Bertz CT molecular complexity index is 1070. The minimum absolute atomic E-state index is 0.219. The van der Waals surface area contributed by atoms with Crippen LogP contribution in [0.2, 0.25) is 5.02 Å². The van der Waals surface area contributed by atoms with Crippen molar-refractivity contribution in [3.8, 4) is 17.3 Å². The number of carbonyl (C=O) groups excluding carboxylic acids is 1. The minimum atomic E-state index is -4.66. The molecule has 30 heavy (non-hydrogen) atoms. The molecule has 0 aliphatic heterocycles. The van der Waals surface area contributed by atoms with Crippen molar-refractivity contribution in [1.82, 2.24) is 9.78 Å². The van der Waals surface area contributed by atoms with Gasteiger partial charge in [0.2, 0.25) is 5.88 Å². The quantitative estimate of drug-likeness (QED) is 0.594. The van der Waals surface area contributed by atoms with Crippen LogP contribution in [0, 0.1) is 6.92 Å². The highest BCUT2D eigenvalue weighted by molar-refractivity contribution is 6.33. The number of alkyl halides is 3. The zero-order valence-corrected chi connectivity index (χ0v) is 16.7. The number of ether oxygens (including phenoxy) is 2. The molecule has 0 unspecified atom stereocenters. The van der Waals surface area contributed by atoms with Gasteiger partial charge >= 0.3 is 6.18 Å². The van der Waals surface area contributed by atoms with E-state index in [0.29, 0.717) is 17.0 Å². The van der Waals surface area contributed by atoms with Crippen LogP contribution in [0.4, 0.5) is 18.9 Å². The number of aromatic nitrogens is 2. The summed E-state index contributed by atoms with van der Waals surface area (Å²) >= 11 is 6.04. The Balaban J connectivity index is 1.82. The van der Waals surface area contributed by atoms with E-state index in [9.17, 15) is 18.0 Å². The van der Waals surface area contributed by atoms with Gasteiger partial charge in [0, 0.05) is 12.1 Å². The third-order valence-electron chi connectivity index (χ3n) is 4.11. The molecule has 158 valence electrons. The number of nitrogens with zero attached hydrogens (tertiary/aromatic N) is 2. The minimum Gasteiger partial charge on any atom is -0.497 e. The SMILES string of the molecule is COc1ccc(Cl)c(NC(=O)COc2cc(C(F)(F)F)nn2-c2ccccc2C)c1. The summed E-state index contributed by atoms with van der Waals surface area (Å²) in [6.45, 7) is 1.17. The van der Waals surface area contributed by atoms with Gasteiger partial charge in [-0.15, -0.1) is 0 Å². The standard InChI is InChI=1S/C20H17ClF3N3O3/c1-12-5-3-4-6-16(12)27-19(10-17(26-27)20(22,23)24)30-11-18(28)25-15-9-13(29-2)7-8-14(15)21/h3-10H,11H2,1-2H3,(H,25,28). The van der Waals surface area contributed by atoms with Crippen molar-refractivity contribution < 1.29 is 27.4 Å². The van der Waals surface area contributed by atoms with E-state index < -0.39 is 24.4 Å². The van der Waals surface area contributed by atoms with Gasteiger partial charge in [-0.1, -0.05) is 29.8 Å². The average molecular weight is 440 g/mol. The monoisotopic (exact) mass is 439 g/mol. The molecule has 6 nitrogen and oxygen atoms in total. The summed E-state index contributed by atoms with van der Waals surface area (Å²) < 4.78 is 50.9. The predicted molar refractivity (Wildman–Crippen MR) is 105 cm³/mol. The van der Waals surface area contributed by atoms with E-state index in [1.807, 2.05) is 0 Å². The number of aryl methyl sites for hydroxylation is 1. The molecule has 10 heteroatoms. The lowest BCUT2D eigenvalue weighted by atomic mass is 10.2. The second kappa shape index (κ2) is 8.66. The maximum absolute atomic E-state index is 13.2. The highest BCUT2D eigenvalue weighted by Crippen LogP contribution is 2.33. The number of rotatable bonds is 6. The number of benzene rings is 2. The van der Waals surface area contributed by atoms with Crippen molar-refractivity contribution in [2.24, 2.45) is 0 Å². The van der Waals surface area contributed by atoms with Gasteiger partial charge in [0.05, 0.1) is 23.5 Å². The molecule has 0 radical (unpaired) electrons. The van der Waals surface area contributed by atoms with Crippen LogP contribution in [0.5, 0.6) is 11.6 Å². The van der Waals surface area contributed by atoms with Crippen LogP contribution < -0.4 is 14.8 Å². The van der Waals surface area contributed by atoms with Gasteiger partial charge in [0.15, 0.2) is 12.3 Å². The third kappa shape index (κ3) is 4.85. The largest absolute Gasteiger partial charge is 0.497 e. The lowest BCUT2D eigenvalue weighted by Gasteiger charge is -2.12. The summed E-state index contributed by atoms with van der Waals surface area (Å²) in [5.74, 6) is -0.358.